The van der Waals surface area contributed by atoms with Crippen molar-refractivity contribution in [2.75, 3.05) is 19.0 Å². The number of aliphatic hydroxyl groups is 1. The average Bonchev–Trinajstić information content (AvgIpc) is 2.18. The molecule has 4 nitrogen and oxygen atoms in total. The highest BCUT2D eigenvalue weighted by molar-refractivity contribution is 5.49. The smallest absolute Gasteiger partial charge is 0.169 e. The summed E-state index contributed by atoms with van der Waals surface area (Å²) in [7, 11) is 1.59. The van der Waals surface area contributed by atoms with Crippen LogP contribution in [-0.4, -0.2) is 29.8 Å². The molecule has 0 aliphatic heterocycles. The zero-order valence-corrected chi connectivity index (χ0v) is 7.82. The van der Waals surface area contributed by atoms with Crippen LogP contribution in [0, 0.1) is 0 Å². The first-order chi connectivity index (χ1) is 6.27. The first kappa shape index (κ1) is 9.80. The van der Waals surface area contributed by atoms with Crippen LogP contribution in [0.25, 0.3) is 0 Å². The van der Waals surface area contributed by atoms with Crippen molar-refractivity contribution in [3.63, 3.8) is 0 Å². The van der Waals surface area contributed by atoms with Crippen molar-refractivity contribution in [2.24, 2.45) is 0 Å². The summed E-state index contributed by atoms with van der Waals surface area (Å²) < 4.78 is 5.08. The number of methoxy groups -OCH3 is 1. The zero-order valence-electron chi connectivity index (χ0n) is 7.82. The Bertz CT molecular complexity index is 266. The molecule has 0 radical (unpaired) electrons. The van der Waals surface area contributed by atoms with E-state index in [0.29, 0.717) is 11.6 Å². The van der Waals surface area contributed by atoms with Crippen LogP contribution in [0.5, 0.6) is 5.75 Å². The summed E-state index contributed by atoms with van der Waals surface area (Å²) in [6.45, 7) is 1.94. The number of nitrogens with one attached hydrogen (secondary N) is 1. The fourth-order valence-electron chi connectivity index (χ4n) is 0.943. The lowest BCUT2D eigenvalue weighted by Gasteiger charge is -2.13. The number of aromatic nitrogens is 1. The van der Waals surface area contributed by atoms with Gasteiger partial charge in [-0.15, -0.1) is 0 Å². The first-order valence-corrected chi connectivity index (χ1v) is 4.14. The molecule has 1 aromatic heterocycles. The standard InChI is InChI=1S/C9H14N2O2/c1-7(6-12)11-9-8(13-2)4-3-5-10-9/h3-5,7,12H,6H2,1-2H3,(H,10,11). The van der Waals surface area contributed by atoms with Crippen molar-refractivity contribution in [2.45, 2.75) is 13.0 Å². The molecule has 0 fully saturated rings. The normalized spacial score (nSPS) is 12.2. The quantitative estimate of drug-likeness (QED) is 0.726. The van der Waals surface area contributed by atoms with E-state index in [1.807, 2.05) is 13.0 Å². The maximum Gasteiger partial charge on any atom is 0.169 e. The Hall–Kier alpha value is -1.29. The molecular weight excluding hydrogens is 168 g/mol. The molecule has 0 aromatic carbocycles. The molecule has 0 bridgehead atoms. The van der Waals surface area contributed by atoms with Crippen LogP contribution in [0.15, 0.2) is 18.3 Å². The van der Waals surface area contributed by atoms with Crippen LogP contribution in [0.1, 0.15) is 6.92 Å². The number of anilines is 1. The van der Waals surface area contributed by atoms with Gasteiger partial charge in [-0.3, -0.25) is 0 Å². The van der Waals surface area contributed by atoms with Gasteiger partial charge in [-0.1, -0.05) is 0 Å². The minimum atomic E-state index is -0.0243. The van der Waals surface area contributed by atoms with Gasteiger partial charge in [-0.05, 0) is 19.1 Å². The molecule has 1 atom stereocenters. The summed E-state index contributed by atoms with van der Waals surface area (Å²) in [5.74, 6) is 1.34. The van der Waals surface area contributed by atoms with Gasteiger partial charge in [0, 0.05) is 12.2 Å². The van der Waals surface area contributed by atoms with Crippen LogP contribution >= 0.6 is 0 Å². The van der Waals surface area contributed by atoms with E-state index >= 15 is 0 Å². The van der Waals surface area contributed by atoms with E-state index in [2.05, 4.69) is 10.3 Å². The summed E-state index contributed by atoms with van der Waals surface area (Å²) >= 11 is 0. The summed E-state index contributed by atoms with van der Waals surface area (Å²) in [5, 5.41) is 11.9. The maximum absolute atomic E-state index is 8.83. The highest BCUT2D eigenvalue weighted by Crippen LogP contribution is 2.20. The molecular formula is C9H14N2O2. The Labute approximate surface area is 77.6 Å². The molecule has 4 heteroatoms. The summed E-state index contributed by atoms with van der Waals surface area (Å²) in [6, 6.07) is 3.59. The molecule has 2 N–H and O–H groups in total. The molecule has 0 saturated carbocycles. The van der Waals surface area contributed by atoms with Gasteiger partial charge in [-0.2, -0.15) is 0 Å². The van der Waals surface area contributed by atoms with Crippen molar-refractivity contribution in [3.8, 4) is 5.75 Å². The average molecular weight is 182 g/mol. The van der Waals surface area contributed by atoms with Gasteiger partial charge in [0.15, 0.2) is 11.6 Å². The molecule has 0 spiro atoms. The summed E-state index contributed by atoms with van der Waals surface area (Å²) in [5.41, 5.74) is 0. The number of ether oxygens (including phenoxy) is 1. The number of nitrogens with zero attached hydrogens (tertiary/aromatic N) is 1. The second-order valence-corrected chi connectivity index (χ2v) is 2.78. The van der Waals surface area contributed by atoms with E-state index in [4.69, 9.17) is 9.84 Å². The third-order valence-corrected chi connectivity index (χ3v) is 1.65. The van der Waals surface area contributed by atoms with E-state index in [9.17, 15) is 0 Å². The van der Waals surface area contributed by atoms with Crippen LogP contribution < -0.4 is 10.1 Å². The molecule has 1 heterocycles. The number of pyridine rings is 1. The van der Waals surface area contributed by atoms with Crippen LogP contribution in [-0.2, 0) is 0 Å². The first-order valence-electron chi connectivity index (χ1n) is 4.14. The molecule has 72 valence electrons. The van der Waals surface area contributed by atoms with Gasteiger partial charge in [-0.25, -0.2) is 4.98 Å². The topological polar surface area (TPSA) is 54.4 Å². The van der Waals surface area contributed by atoms with E-state index in [0.717, 1.165) is 0 Å². The maximum atomic E-state index is 8.83. The third kappa shape index (κ3) is 2.59. The number of aliphatic hydroxyl groups excluding tert-OH is 1. The Kier molecular flexibility index (Phi) is 3.52. The molecule has 1 rings (SSSR count). The number of rotatable bonds is 4. The van der Waals surface area contributed by atoms with E-state index in [1.54, 1.807) is 19.4 Å². The van der Waals surface area contributed by atoms with Gasteiger partial charge in [0.25, 0.3) is 0 Å². The van der Waals surface area contributed by atoms with E-state index < -0.39 is 0 Å². The lowest BCUT2D eigenvalue weighted by molar-refractivity contribution is 0.281. The van der Waals surface area contributed by atoms with Gasteiger partial charge in [0.1, 0.15) is 0 Å². The lowest BCUT2D eigenvalue weighted by Crippen LogP contribution is -2.20. The van der Waals surface area contributed by atoms with Crippen LogP contribution in [0.2, 0.25) is 0 Å². The molecule has 0 aliphatic rings. The van der Waals surface area contributed by atoms with Crippen molar-refractivity contribution in [3.05, 3.63) is 18.3 Å². The minimum Gasteiger partial charge on any atom is -0.493 e. The van der Waals surface area contributed by atoms with Crippen molar-refractivity contribution >= 4 is 5.82 Å². The van der Waals surface area contributed by atoms with E-state index in [-0.39, 0.29) is 12.6 Å². The van der Waals surface area contributed by atoms with Crippen LogP contribution in [0.3, 0.4) is 0 Å². The fourth-order valence-corrected chi connectivity index (χ4v) is 0.943. The predicted molar refractivity (Wildman–Crippen MR) is 51.0 cm³/mol. The number of hydrogen-bond donors (Lipinski definition) is 2. The number of hydrogen-bond acceptors (Lipinski definition) is 4. The van der Waals surface area contributed by atoms with Crippen molar-refractivity contribution < 1.29 is 9.84 Å². The highest BCUT2D eigenvalue weighted by Gasteiger charge is 2.05. The largest absolute Gasteiger partial charge is 0.493 e. The van der Waals surface area contributed by atoms with Gasteiger partial charge < -0.3 is 15.2 Å². The van der Waals surface area contributed by atoms with Crippen molar-refractivity contribution in [1.82, 2.24) is 4.98 Å². The van der Waals surface area contributed by atoms with E-state index in [1.165, 1.54) is 0 Å². The van der Waals surface area contributed by atoms with Gasteiger partial charge >= 0.3 is 0 Å². The fraction of sp³-hybridized carbons (Fsp3) is 0.444. The van der Waals surface area contributed by atoms with Gasteiger partial charge in [0.2, 0.25) is 0 Å². The zero-order chi connectivity index (χ0) is 9.68. The van der Waals surface area contributed by atoms with Crippen LogP contribution in [0.4, 0.5) is 5.82 Å². The van der Waals surface area contributed by atoms with Gasteiger partial charge in [0.05, 0.1) is 13.7 Å². The Morgan fingerprint density at radius 2 is 2.46 bits per heavy atom. The summed E-state index contributed by atoms with van der Waals surface area (Å²) in [4.78, 5) is 4.09. The Balaban J connectivity index is 2.74. The third-order valence-electron chi connectivity index (χ3n) is 1.65. The predicted octanol–water partition coefficient (Wildman–Crippen LogP) is 0.883. The summed E-state index contributed by atoms with van der Waals surface area (Å²) in [6.07, 6.45) is 1.68. The minimum absolute atomic E-state index is 0.0243. The molecule has 0 aliphatic carbocycles. The second-order valence-electron chi connectivity index (χ2n) is 2.78. The highest BCUT2D eigenvalue weighted by atomic mass is 16.5. The lowest BCUT2D eigenvalue weighted by atomic mass is 10.3. The van der Waals surface area contributed by atoms with Crippen molar-refractivity contribution in [1.29, 1.82) is 0 Å². The molecule has 0 amide bonds. The monoisotopic (exact) mass is 182 g/mol. The SMILES string of the molecule is COc1cccnc1NC(C)CO. The second kappa shape index (κ2) is 4.67. The molecule has 0 saturated heterocycles. The Morgan fingerprint density at radius 1 is 1.69 bits per heavy atom. The molecule has 13 heavy (non-hydrogen) atoms. The molecule has 1 unspecified atom stereocenters. The molecule has 1 aromatic rings. The Morgan fingerprint density at radius 3 is 3.08 bits per heavy atom.